The Balaban J connectivity index is 1.43. The van der Waals surface area contributed by atoms with Gasteiger partial charge in [-0.15, -0.1) is 0 Å². The number of rotatable bonds is 9. The monoisotopic (exact) mass is 396 g/mol. The zero-order chi connectivity index (χ0) is 20.3. The van der Waals surface area contributed by atoms with Crippen LogP contribution in [-0.2, 0) is 13.1 Å². The molecule has 0 amide bonds. The van der Waals surface area contributed by atoms with Crippen LogP contribution in [0.5, 0.6) is 0 Å². The summed E-state index contributed by atoms with van der Waals surface area (Å²) < 4.78 is 2.07. The van der Waals surface area contributed by atoms with Crippen LogP contribution in [0.2, 0.25) is 0 Å². The number of piperidine rings is 1. The van der Waals surface area contributed by atoms with Crippen molar-refractivity contribution in [2.24, 2.45) is 4.99 Å². The minimum absolute atomic E-state index is 0.684. The van der Waals surface area contributed by atoms with E-state index in [2.05, 4.69) is 63.2 Å². The van der Waals surface area contributed by atoms with Crippen LogP contribution in [-0.4, -0.2) is 52.6 Å². The average Bonchev–Trinajstić information content (AvgIpc) is 3.24. The normalized spacial score (nSPS) is 18.0. The molecule has 1 aliphatic heterocycles. The van der Waals surface area contributed by atoms with Crippen LogP contribution in [0, 0.1) is 0 Å². The highest BCUT2D eigenvalue weighted by molar-refractivity contribution is 5.79. The standard InChI is InChI=1S/C23H36N6/c1-3-25-23(26-12-6-15-29-14-5-4-7-20(29)2)27-17-21-8-10-22(11-9-21)18-28-16-13-24-19-28/h8-11,13,16,19-20H,3-7,12,14-15,17-18H2,1-2H3,(H2,25,26,27). The minimum atomic E-state index is 0.684. The zero-order valence-electron chi connectivity index (χ0n) is 18.0. The molecule has 0 aliphatic carbocycles. The summed E-state index contributed by atoms with van der Waals surface area (Å²) in [6, 6.07) is 9.41. The fourth-order valence-corrected chi connectivity index (χ4v) is 3.83. The topological polar surface area (TPSA) is 57.5 Å². The van der Waals surface area contributed by atoms with E-state index in [4.69, 9.17) is 4.99 Å². The van der Waals surface area contributed by atoms with Crippen molar-refractivity contribution >= 4 is 5.96 Å². The van der Waals surface area contributed by atoms with Crippen molar-refractivity contribution in [1.29, 1.82) is 0 Å². The number of imidazole rings is 1. The van der Waals surface area contributed by atoms with Crippen LogP contribution in [0.25, 0.3) is 0 Å². The predicted octanol–water partition coefficient (Wildman–Crippen LogP) is 3.25. The van der Waals surface area contributed by atoms with Gasteiger partial charge in [0.05, 0.1) is 12.9 Å². The van der Waals surface area contributed by atoms with E-state index in [1.165, 1.54) is 43.5 Å². The van der Waals surface area contributed by atoms with Crippen LogP contribution >= 0.6 is 0 Å². The second-order valence-corrected chi connectivity index (χ2v) is 7.91. The van der Waals surface area contributed by atoms with E-state index >= 15 is 0 Å². The highest BCUT2D eigenvalue weighted by atomic mass is 15.2. The van der Waals surface area contributed by atoms with Crippen LogP contribution in [0.15, 0.2) is 48.0 Å². The number of aliphatic imine (C=N–C) groups is 1. The van der Waals surface area contributed by atoms with Crippen molar-refractivity contribution in [2.45, 2.75) is 58.7 Å². The van der Waals surface area contributed by atoms with Crippen molar-refractivity contribution in [3.05, 3.63) is 54.1 Å². The highest BCUT2D eigenvalue weighted by Crippen LogP contribution is 2.16. The number of likely N-dealkylation sites (tertiary alicyclic amines) is 1. The molecule has 0 radical (unpaired) electrons. The highest BCUT2D eigenvalue weighted by Gasteiger charge is 2.17. The molecule has 1 aromatic heterocycles. The van der Waals surface area contributed by atoms with E-state index in [9.17, 15) is 0 Å². The Labute approximate surface area is 175 Å². The third-order valence-corrected chi connectivity index (χ3v) is 5.57. The molecule has 0 spiro atoms. The maximum Gasteiger partial charge on any atom is 0.191 e. The van der Waals surface area contributed by atoms with E-state index in [1.807, 2.05) is 18.7 Å². The first-order valence-electron chi connectivity index (χ1n) is 11.0. The Bertz CT molecular complexity index is 722. The summed E-state index contributed by atoms with van der Waals surface area (Å²) in [7, 11) is 0. The van der Waals surface area contributed by atoms with Crippen LogP contribution in [0.1, 0.15) is 50.7 Å². The third-order valence-electron chi connectivity index (χ3n) is 5.57. The first kappa shape index (κ1) is 21.4. The van der Waals surface area contributed by atoms with Gasteiger partial charge >= 0.3 is 0 Å². The van der Waals surface area contributed by atoms with E-state index in [-0.39, 0.29) is 0 Å². The second-order valence-electron chi connectivity index (χ2n) is 7.91. The van der Waals surface area contributed by atoms with Crippen molar-refractivity contribution in [1.82, 2.24) is 25.1 Å². The minimum Gasteiger partial charge on any atom is -0.357 e. The molecule has 158 valence electrons. The van der Waals surface area contributed by atoms with Gasteiger partial charge in [0.15, 0.2) is 5.96 Å². The lowest BCUT2D eigenvalue weighted by Gasteiger charge is -2.33. The molecule has 29 heavy (non-hydrogen) atoms. The van der Waals surface area contributed by atoms with E-state index in [0.717, 1.165) is 38.1 Å². The van der Waals surface area contributed by atoms with Crippen molar-refractivity contribution in [2.75, 3.05) is 26.2 Å². The molecule has 1 unspecified atom stereocenters. The fraction of sp³-hybridized carbons (Fsp3) is 0.565. The van der Waals surface area contributed by atoms with E-state index in [0.29, 0.717) is 6.54 Å². The molecule has 2 heterocycles. The van der Waals surface area contributed by atoms with Crippen molar-refractivity contribution in [3.63, 3.8) is 0 Å². The molecule has 0 bridgehead atoms. The summed E-state index contributed by atoms with van der Waals surface area (Å²) in [5, 5.41) is 6.84. The average molecular weight is 397 g/mol. The summed E-state index contributed by atoms with van der Waals surface area (Å²) in [5.41, 5.74) is 2.49. The van der Waals surface area contributed by atoms with Crippen molar-refractivity contribution < 1.29 is 0 Å². The Kier molecular flexibility index (Phi) is 8.56. The van der Waals surface area contributed by atoms with Gasteiger partial charge in [-0.2, -0.15) is 0 Å². The number of benzene rings is 1. The number of nitrogens with zero attached hydrogens (tertiary/aromatic N) is 4. The molecule has 1 atom stereocenters. The molecule has 1 fully saturated rings. The molecule has 6 heteroatoms. The molecule has 2 aromatic rings. The summed E-state index contributed by atoms with van der Waals surface area (Å²) in [4.78, 5) is 11.5. The lowest BCUT2D eigenvalue weighted by atomic mass is 10.0. The number of nitrogens with one attached hydrogen (secondary N) is 2. The molecule has 2 N–H and O–H groups in total. The first-order chi connectivity index (χ1) is 14.2. The van der Waals surface area contributed by atoms with Gasteiger partial charge in [0.2, 0.25) is 0 Å². The molecule has 1 saturated heterocycles. The molecule has 1 aliphatic rings. The molecule has 3 rings (SSSR count). The SMILES string of the molecule is CCNC(=NCc1ccc(Cn2ccnc2)cc1)NCCCN1CCCCC1C. The van der Waals surface area contributed by atoms with Gasteiger partial charge in [0.25, 0.3) is 0 Å². The first-order valence-corrected chi connectivity index (χ1v) is 11.0. The second kappa shape index (κ2) is 11.6. The van der Waals surface area contributed by atoms with Crippen molar-refractivity contribution in [3.8, 4) is 0 Å². The Hall–Kier alpha value is -2.34. The quantitative estimate of drug-likeness (QED) is 0.388. The smallest absolute Gasteiger partial charge is 0.191 e. The molecule has 6 nitrogen and oxygen atoms in total. The summed E-state index contributed by atoms with van der Waals surface area (Å²) in [5.74, 6) is 0.904. The van der Waals surface area contributed by atoms with E-state index < -0.39 is 0 Å². The van der Waals surface area contributed by atoms with Gasteiger partial charge in [0.1, 0.15) is 0 Å². The van der Waals surface area contributed by atoms with Gasteiger partial charge in [0, 0.05) is 44.6 Å². The van der Waals surface area contributed by atoms with Gasteiger partial charge in [-0.25, -0.2) is 9.98 Å². The maximum absolute atomic E-state index is 4.75. The fourth-order valence-electron chi connectivity index (χ4n) is 3.83. The van der Waals surface area contributed by atoms with Crippen LogP contribution < -0.4 is 10.6 Å². The summed E-state index contributed by atoms with van der Waals surface area (Å²) >= 11 is 0. The third kappa shape index (κ3) is 7.20. The summed E-state index contributed by atoms with van der Waals surface area (Å²) in [6.45, 7) is 10.3. The molecular formula is C23H36N6. The van der Waals surface area contributed by atoms with Gasteiger partial charge in [-0.3, -0.25) is 0 Å². The molecule has 0 saturated carbocycles. The number of hydrogen-bond acceptors (Lipinski definition) is 3. The van der Waals surface area contributed by atoms with Crippen LogP contribution in [0.3, 0.4) is 0 Å². The number of guanidine groups is 1. The van der Waals surface area contributed by atoms with Crippen LogP contribution in [0.4, 0.5) is 0 Å². The van der Waals surface area contributed by atoms with E-state index in [1.54, 1.807) is 0 Å². The zero-order valence-corrected chi connectivity index (χ0v) is 18.0. The van der Waals surface area contributed by atoms with Gasteiger partial charge in [-0.1, -0.05) is 30.7 Å². The largest absolute Gasteiger partial charge is 0.357 e. The van der Waals surface area contributed by atoms with Gasteiger partial charge < -0.3 is 20.1 Å². The maximum atomic E-state index is 4.75. The lowest BCUT2D eigenvalue weighted by Crippen LogP contribution is -2.41. The Morgan fingerprint density at radius 1 is 1.17 bits per heavy atom. The molecule has 1 aromatic carbocycles. The predicted molar refractivity (Wildman–Crippen MR) is 120 cm³/mol. The number of aromatic nitrogens is 2. The molecular weight excluding hydrogens is 360 g/mol. The Morgan fingerprint density at radius 3 is 2.72 bits per heavy atom. The summed E-state index contributed by atoms with van der Waals surface area (Å²) in [6.07, 6.45) is 10.9. The van der Waals surface area contributed by atoms with Gasteiger partial charge in [-0.05, 0) is 50.8 Å². The lowest BCUT2D eigenvalue weighted by molar-refractivity contribution is 0.159. The Morgan fingerprint density at radius 2 is 2.00 bits per heavy atom. The number of hydrogen-bond donors (Lipinski definition) is 2.